The van der Waals surface area contributed by atoms with E-state index in [0.29, 0.717) is 5.56 Å². The van der Waals surface area contributed by atoms with Crippen molar-refractivity contribution in [1.29, 1.82) is 0 Å². The van der Waals surface area contributed by atoms with E-state index in [-0.39, 0.29) is 0 Å². The van der Waals surface area contributed by atoms with Crippen LogP contribution in [0.1, 0.15) is 15.9 Å². The van der Waals surface area contributed by atoms with Gasteiger partial charge in [-0.25, -0.2) is 0 Å². The molecule has 0 bridgehead atoms. The summed E-state index contributed by atoms with van der Waals surface area (Å²) in [5.74, 6) is 0.260. The Balaban J connectivity index is 2.17. The maximum atomic E-state index is 11.6. The Morgan fingerprint density at radius 3 is 2.94 bits per heavy atom. The van der Waals surface area contributed by atoms with Gasteiger partial charge in [-0.2, -0.15) is 11.3 Å². The number of benzene rings is 1. The van der Waals surface area contributed by atoms with E-state index >= 15 is 0 Å². The van der Waals surface area contributed by atoms with Crippen molar-refractivity contribution in [2.45, 2.75) is 10.6 Å². The topological polar surface area (TPSA) is 65.8 Å². The Morgan fingerprint density at radius 2 is 2.22 bits per heavy atom. The van der Waals surface area contributed by atoms with Crippen molar-refractivity contribution in [3.63, 3.8) is 0 Å². The number of amides is 1. The molecule has 0 unspecified atom stereocenters. The molecule has 0 aliphatic carbocycles. The van der Waals surface area contributed by atoms with E-state index in [1.165, 1.54) is 5.56 Å². The lowest BCUT2D eigenvalue weighted by Gasteiger charge is -2.04. The molecule has 1 aromatic carbocycles. The quantitative estimate of drug-likeness (QED) is 0.357. The summed E-state index contributed by atoms with van der Waals surface area (Å²) in [6, 6.07) is 9.21. The molecule has 18 heavy (non-hydrogen) atoms. The summed E-state index contributed by atoms with van der Waals surface area (Å²) < 4.78 is 0. The van der Waals surface area contributed by atoms with Crippen LogP contribution in [0.5, 0.6) is 0 Å². The minimum absolute atomic E-state index is 0.454. The van der Waals surface area contributed by atoms with Crippen molar-refractivity contribution in [1.82, 2.24) is 0 Å². The maximum Gasteiger partial charge on any atom is 0.250 e. The lowest BCUT2D eigenvalue weighted by atomic mass is 10.2. The van der Waals surface area contributed by atoms with Crippen molar-refractivity contribution in [3.05, 3.63) is 62.7 Å². The average Bonchev–Trinajstić information content (AvgIpc) is 2.90. The molecule has 0 spiro atoms. The molecule has 1 heterocycles. The molecule has 0 aliphatic heterocycles. The number of nitrogens with zero attached hydrogens (tertiary/aromatic N) is 3. The summed E-state index contributed by atoms with van der Waals surface area (Å²) in [5, 5.41) is 7.23. The first-order chi connectivity index (χ1) is 8.81. The first-order valence-corrected chi connectivity index (χ1v) is 7.06. The number of thioether (sulfide) groups is 1. The van der Waals surface area contributed by atoms with Gasteiger partial charge in [0.1, 0.15) is 0 Å². The minimum Gasteiger partial charge on any atom is -0.287 e. The predicted octanol–water partition coefficient (Wildman–Crippen LogP) is 4.49. The number of hydrogen-bond acceptors (Lipinski definition) is 3. The Hall–Kier alpha value is -1.75. The summed E-state index contributed by atoms with van der Waals surface area (Å²) in [4.78, 5) is 15.0. The third-order valence-electron chi connectivity index (χ3n) is 2.23. The van der Waals surface area contributed by atoms with Gasteiger partial charge in [-0.3, -0.25) is 4.79 Å². The van der Waals surface area contributed by atoms with Crippen molar-refractivity contribution in [2.75, 3.05) is 0 Å². The Labute approximate surface area is 112 Å². The molecule has 0 saturated heterocycles. The number of carbonyl (C=O) groups is 1. The van der Waals surface area contributed by atoms with Gasteiger partial charge in [-0.1, -0.05) is 18.2 Å². The fraction of sp³-hybridized carbons (Fsp3) is 0.0833. The second-order valence-electron chi connectivity index (χ2n) is 3.41. The van der Waals surface area contributed by atoms with Crippen molar-refractivity contribution in [2.24, 2.45) is 5.11 Å². The van der Waals surface area contributed by atoms with Crippen LogP contribution in [0.25, 0.3) is 10.4 Å². The summed E-state index contributed by atoms with van der Waals surface area (Å²) in [6.07, 6.45) is 0. The highest BCUT2D eigenvalue weighted by Crippen LogP contribution is 2.27. The van der Waals surface area contributed by atoms with Gasteiger partial charge in [-0.05, 0) is 39.1 Å². The first kappa shape index (κ1) is 12.7. The Morgan fingerprint density at radius 1 is 1.39 bits per heavy atom. The predicted molar refractivity (Wildman–Crippen MR) is 73.8 cm³/mol. The van der Waals surface area contributed by atoms with E-state index in [1.807, 2.05) is 17.5 Å². The van der Waals surface area contributed by atoms with Crippen LogP contribution in [0.4, 0.5) is 0 Å². The van der Waals surface area contributed by atoms with Crippen molar-refractivity contribution >= 4 is 29.0 Å². The molecule has 0 aliphatic rings. The van der Waals surface area contributed by atoms with Crippen LogP contribution >= 0.6 is 23.1 Å². The zero-order chi connectivity index (χ0) is 12.8. The van der Waals surface area contributed by atoms with Crippen LogP contribution in [0.15, 0.2) is 51.1 Å². The molecule has 90 valence electrons. The zero-order valence-corrected chi connectivity index (χ0v) is 10.9. The molecule has 0 saturated carbocycles. The summed E-state index contributed by atoms with van der Waals surface area (Å²) >= 11 is 3.21. The SMILES string of the molecule is [N-]=[N+]=NC(=O)c1ccccc1SCc1ccsc1. The maximum absolute atomic E-state index is 11.6. The standard InChI is InChI=1S/C12H9N3OS2/c13-15-14-12(16)10-3-1-2-4-11(10)18-8-9-5-6-17-7-9/h1-7H,8H2. The van der Waals surface area contributed by atoms with E-state index in [1.54, 1.807) is 35.2 Å². The normalized spacial score (nSPS) is 9.78. The van der Waals surface area contributed by atoms with E-state index in [9.17, 15) is 4.79 Å². The average molecular weight is 275 g/mol. The van der Waals surface area contributed by atoms with E-state index in [4.69, 9.17) is 5.53 Å². The van der Waals surface area contributed by atoms with Gasteiger partial charge in [0, 0.05) is 21.1 Å². The van der Waals surface area contributed by atoms with Gasteiger partial charge in [0.05, 0.1) is 0 Å². The molecular formula is C12H9N3OS2. The zero-order valence-electron chi connectivity index (χ0n) is 9.31. The van der Waals surface area contributed by atoms with Gasteiger partial charge in [0.2, 0.25) is 5.91 Å². The van der Waals surface area contributed by atoms with Crippen LogP contribution in [-0.4, -0.2) is 5.91 Å². The van der Waals surface area contributed by atoms with Crippen LogP contribution < -0.4 is 0 Å². The fourth-order valence-corrected chi connectivity index (χ4v) is 3.16. The van der Waals surface area contributed by atoms with Gasteiger partial charge < -0.3 is 0 Å². The molecule has 2 rings (SSSR count). The highest BCUT2D eigenvalue weighted by Gasteiger charge is 2.09. The smallest absolute Gasteiger partial charge is 0.250 e. The van der Waals surface area contributed by atoms with Crippen molar-refractivity contribution < 1.29 is 4.79 Å². The van der Waals surface area contributed by atoms with E-state index < -0.39 is 5.91 Å². The number of carbonyl (C=O) groups excluding carboxylic acids is 1. The molecule has 2 aromatic rings. The molecule has 0 atom stereocenters. The molecule has 1 aromatic heterocycles. The van der Waals surface area contributed by atoms with E-state index in [2.05, 4.69) is 21.5 Å². The molecule has 6 heteroatoms. The fourth-order valence-electron chi connectivity index (χ4n) is 1.40. The monoisotopic (exact) mass is 275 g/mol. The Bertz CT molecular complexity index is 589. The lowest BCUT2D eigenvalue weighted by Crippen LogP contribution is -1.95. The molecule has 0 fully saturated rings. The highest BCUT2D eigenvalue weighted by molar-refractivity contribution is 7.98. The highest BCUT2D eigenvalue weighted by atomic mass is 32.2. The number of hydrogen-bond donors (Lipinski definition) is 0. The number of azide groups is 1. The number of thiophene rings is 1. The summed E-state index contributed by atoms with van der Waals surface area (Å²) in [5.41, 5.74) is 9.97. The largest absolute Gasteiger partial charge is 0.287 e. The third-order valence-corrected chi connectivity index (χ3v) is 4.10. The second-order valence-corrected chi connectivity index (χ2v) is 5.21. The Kier molecular flexibility index (Phi) is 4.41. The van der Waals surface area contributed by atoms with Gasteiger partial charge in [0.25, 0.3) is 0 Å². The summed E-state index contributed by atoms with van der Waals surface area (Å²) in [6.45, 7) is 0. The molecule has 4 nitrogen and oxygen atoms in total. The lowest BCUT2D eigenvalue weighted by molar-refractivity contribution is 0.0997. The van der Waals surface area contributed by atoms with Gasteiger partial charge in [-0.15, -0.1) is 11.8 Å². The summed E-state index contributed by atoms with van der Waals surface area (Å²) in [7, 11) is 0. The first-order valence-electron chi connectivity index (χ1n) is 5.13. The number of rotatable bonds is 4. The van der Waals surface area contributed by atoms with Crippen LogP contribution in [-0.2, 0) is 5.75 Å². The van der Waals surface area contributed by atoms with Crippen molar-refractivity contribution in [3.8, 4) is 0 Å². The second kappa shape index (κ2) is 6.26. The van der Waals surface area contributed by atoms with Gasteiger partial charge in [0.15, 0.2) is 0 Å². The van der Waals surface area contributed by atoms with E-state index in [0.717, 1.165) is 10.6 Å². The minimum atomic E-state index is -0.536. The molecule has 0 radical (unpaired) electrons. The van der Waals surface area contributed by atoms with Crippen LogP contribution in [0.2, 0.25) is 0 Å². The van der Waals surface area contributed by atoms with Gasteiger partial charge >= 0.3 is 0 Å². The molecule has 1 amide bonds. The van der Waals surface area contributed by atoms with Crippen LogP contribution in [0.3, 0.4) is 0 Å². The third kappa shape index (κ3) is 3.13. The molecule has 0 N–H and O–H groups in total. The molecular weight excluding hydrogens is 266 g/mol. The van der Waals surface area contributed by atoms with Crippen LogP contribution in [0, 0.1) is 0 Å².